The molecule has 1 saturated heterocycles. The number of benzene rings is 1. The van der Waals surface area contributed by atoms with E-state index in [9.17, 15) is 13.6 Å². The Bertz CT molecular complexity index is 992. The average Bonchev–Trinajstić information content (AvgIpc) is 3.37. The Morgan fingerprint density at radius 1 is 1.17 bits per heavy atom. The van der Waals surface area contributed by atoms with Crippen molar-refractivity contribution in [3.8, 4) is 10.6 Å². The third-order valence-corrected chi connectivity index (χ3v) is 5.58. The van der Waals surface area contributed by atoms with Gasteiger partial charge in [-0.05, 0) is 38.4 Å². The Balaban J connectivity index is 0.00000124. The minimum atomic E-state index is -0.707. The van der Waals surface area contributed by atoms with Crippen LogP contribution < -0.4 is 16.0 Å². The van der Waals surface area contributed by atoms with E-state index in [0.717, 1.165) is 43.1 Å². The van der Waals surface area contributed by atoms with Crippen LogP contribution in [0, 0.1) is 11.6 Å². The van der Waals surface area contributed by atoms with Crippen LogP contribution in [-0.4, -0.2) is 40.8 Å². The molecule has 0 saturated carbocycles. The number of nitrogens with zero attached hydrogens (tertiary/aromatic N) is 4. The van der Waals surface area contributed by atoms with Gasteiger partial charge in [-0.3, -0.25) is 9.48 Å². The van der Waals surface area contributed by atoms with Gasteiger partial charge in [-0.15, -0.1) is 11.3 Å². The molecule has 0 unspecified atom stereocenters. The number of nitrogens with one attached hydrogen (secondary N) is 1. The Labute approximate surface area is 177 Å². The highest BCUT2D eigenvalue weighted by atomic mass is 32.1. The summed E-state index contributed by atoms with van der Waals surface area (Å²) in [6.45, 7) is 1.83. The molecule has 0 bridgehead atoms. The fraction of sp³-hybridized carbons (Fsp3) is 0.350. The summed E-state index contributed by atoms with van der Waals surface area (Å²) in [5.74, 6) is -1.00. The van der Waals surface area contributed by atoms with Crippen molar-refractivity contribution in [2.45, 2.75) is 19.3 Å². The molecule has 1 amide bonds. The highest BCUT2D eigenvalue weighted by molar-refractivity contribution is 7.13. The zero-order valence-electron chi connectivity index (χ0n) is 16.9. The standard InChI is InChI=1S/C19H19F2N5OS.CH5N/c1-25-19(26-8-3-2-4-9-26)14(10-22-25)23-17(27)15-11-28-18(24-15)16-12(20)6-5-7-13(16)21;1-2/h5-7,10-11H,2-4,8-9H2,1H3,(H,23,27);2H2,1H3. The second-order valence-electron chi connectivity index (χ2n) is 6.64. The average molecular weight is 435 g/mol. The van der Waals surface area contributed by atoms with Gasteiger partial charge >= 0.3 is 0 Å². The molecule has 1 aliphatic rings. The molecule has 7 nitrogen and oxygen atoms in total. The number of nitrogens with two attached hydrogens (primary N) is 1. The first-order valence-corrected chi connectivity index (χ1v) is 10.5. The number of aromatic nitrogens is 3. The van der Waals surface area contributed by atoms with E-state index in [2.05, 4.69) is 26.0 Å². The molecule has 2 aromatic heterocycles. The molecule has 0 atom stereocenters. The summed E-state index contributed by atoms with van der Waals surface area (Å²) in [6, 6.07) is 3.63. The van der Waals surface area contributed by atoms with Gasteiger partial charge in [0.05, 0.1) is 11.8 Å². The molecule has 0 radical (unpaired) electrons. The minimum absolute atomic E-state index is 0.108. The number of thiazole rings is 1. The molecule has 30 heavy (non-hydrogen) atoms. The van der Waals surface area contributed by atoms with E-state index in [-0.39, 0.29) is 16.3 Å². The predicted octanol–water partition coefficient (Wildman–Crippen LogP) is 3.64. The van der Waals surface area contributed by atoms with E-state index >= 15 is 0 Å². The molecule has 0 spiro atoms. The minimum Gasteiger partial charge on any atom is -0.355 e. The van der Waals surface area contributed by atoms with E-state index in [0.29, 0.717) is 5.69 Å². The van der Waals surface area contributed by atoms with Crippen LogP contribution in [0.1, 0.15) is 29.8 Å². The van der Waals surface area contributed by atoms with E-state index in [1.807, 2.05) is 7.05 Å². The topological polar surface area (TPSA) is 89.1 Å². The number of rotatable bonds is 4. The first kappa shape index (κ1) is 21.8. The van der Waals surface area contributed by atoms with Crippen LogP contribution in [0.2, 0.25) is 0 Å². The highest BCUT2D eigenvalue weighted by Crippen LogP contribution is 2.31. The van der Waals surface area contributed by atoms with Crippen LogP contribution in [0.25, 0.3) is 10.6 Å². The molecule has 4 rings (SSSR count). The summed E-state index contributed by atoms with van der Waals surface area (Å²) in [6.07, 6.45) is 5.00. The van der Waals surface area contributed by atoms with E-state index in [1.165, 1.54) is 37.0 Å². The fourth-order valence-electron chi connectivity index (χ4n) is 3.38. The number of amides is 1. The van der Waals surface area contributed by atoms with Gasteiger partial charge in [-0.2, -0.15) is 5.10 Å². The van der Waals surface area contributed by atoms with Crippen LogP contribution in [-0.2, 0) is 7.05 Å². The second kappa shape index (κ2) is 9.77. The summed E-state index contributed by atoms with van der Waals surface area (Å²) in [5, 5.41) is 8.71. The first-order valence-electron chi connectivity index (χ1n) is 9.60. The molecule has 3 N–H and O–H groups in total. The normalized spacial score (nSPS) is 13.6. The van der Waals surface area contributed by atoms with Gasteiger partial charge in [0.25, 0.3) is 5.91 Å². The van der Waals surface area contributed by atoms with Gasteiger partial charge in [-0.1, -0.05) is 6.07 Å². The van der Waals surface area contributed by atoms with Crippen LogP contribution in [0.3, 0.4) is 0 Å². The van der Waals surface area contributed by atoms with E-state index in [4.69, 9.17) is 0 Å². The van der Waals surface area contributed by atoms with E-state index < -0.39 is 17.5 Å². The van der Waals surface area contributed by atoms with Crippen molar-refractivity contribution in [1.29, 1.82) is 0 Å². The highest BCUT2D eigenvalue weighted by Gasteiger charge is 2.22. The number of anilines is 2. The third kappa shape index (κ3) is 4.49. The largest absolute Gasteiger partial charge is 0.355 e. The second-order valence-corrected chi connectivity index (χ2v) is 7.50. The van der Waals surface area contributed by atoms with Gasteiger partial charge in [0.1, 0.15) is 28.0 Å². The molecule has 160 valence electrons. The molecule has 1 fully saturated rings. The van der Waals surface area contributed by atoms with Crippen LogP contribution >= 0.6 is 11.3 Å². The van der Waals surface area contributed by atoms with Gasteiger partial charge in [-0.25, -0.2) is 13.8 Å². The molecule has 1 aromatic carbocycles. The number of hydrogen-bond acceptors (Lipinski definition) is 6. The van der Waals surface area contributed by atoms with Crippen molar-refractivity contribution in [2.75, 3.05) is 30.4 Å². The maximum absolute atomic E-state index is 14.0. The molecule has 3 heterocycles. The Morgan fingerprint density at radius 3 is 2.50 bits per heavy atom. The maximum atomic E-state index is 14.0. The lowest BCUT2D eigenvalue weighted by Crippen LogP contribution is -2.32. The van der Waals surface area contributed by atoms with E-state index in [1.54, 1.807) is 10.9 Å². The lowest BCUT2D eigenvalue weighted by molar-refractivity contribution is 0.102. The van der Waals surface area contributed by atoms with Crippen molar-refractivity contribution >= 4 is 28.7 Å². The molecule has 0 aliphatic carbocycles. The summed E-state index contributed by atoms with van der Waals surface area (Å²) >= 11 is 1.02. The van der Waals surface area contributed by atoms with Crippen molar-refractivity contribution < 1.29 is 13.6 Å². The molecule has 1 aliphatic heterocycles. The van der Waals surface area contributed by atoms with Gasteiger partial charge in [0, 0.05) is 25.5 Å². The Morgan fingerprint density at radius 2 is 1.83 bits per heavy atom. The van der Waals surface area contributed by atoms with Gasteiger partial charge in [0.15, 0.2) is 5.82 Å². The lowest BCUT2D eigenvalue weighted by Gasteiger charge is -2.29. The van der Waals surface area contributed by atoms with Crippen molar-refractivity contribution in [3.05, 3.63) is 47.1 Å². The van der Waals surface area contributed by atoms with Crippen molar-refractivity contribution in [3.63, 3.8) is 0 Å². The first-order chi connectivity index (χ1) is 14.5. The molecular formula is C20H24F2N6OS. The lowest BCUT2D eigenvalue weighted by atomic mass is 10.1. The van der Waals surface area contributed by atoms with Crippen LogP contribution in [0.5, 0.6) is 0 Å². The predicted molar refractivity (Wildman–Crippen MR) is 115 cm³/mol. The summed E-state index contributed by atoms with van der Waals surface area (Å²) in [7, 11) is 3.33. The monoisotopic (exact) mass is 434 g/mol. The number of carbonyl (C=O) groups excluding carboxylic acids is 1. The number of piperidine rings is 1. The molecule has 3 aromatic rings. The zero-order chi connectivity index (χ0) is 21.7. The quantitative estimate of drug-likeness (QED) is 0.655. The molecule has 10 heteroatoms. The van der Waals surface area contributed by atoms with Gasteiger partial charge < -0.3 is 16.0 Å². The number of halogens is 2. The third-order valence-electron chi connectivity index (χ3n) is 4.72. The summed E-state index contributed by atoms with van der Waals surface area (Å²) in [5.41, 5.74) is 4.99. The number of aryl methyl sites for hydroxylation is 1. The van der Waals surface area contributed by atoms with Crippen LogP contribution in [0.4, 0.5) is 20.3 Å². The zero-order valence-corrected chi connectivity index (χ0v) is 17.7. The summed E-state index contributed by atoms with van der Waals surface area (Å²) in [4.78, 5) is 19.0. The van der Waals surface area contributed by atoms with Crippen LogP contribution in [0.15, 0.2) is 29.8 Å². The summed E-state index contributed by atoms with van der Waals surface area (Å²) < 4.78 is 29.7. The Hall–Kier alpha value is -2.85. The SMILES string of the molecule is CN.Cn1ncc(NC(=O)c2csc(-c3c(F)cccc3F)n2)c1N1CCCCC1. The molecular weight excluding hydrogens is 410 g/mol. The fourth-order valence-corrected chi connectivity index (χ4v) is 4.23. The number of carbonyl (C=O) groups is 1. The maximum Gasteiger partial charge on any atom is 0.275 e. The van der Waals surface area contributed by atoms with Crippen molar-refractivity contribution in [1.82, 2.24) is 14.8 Å². The number of hydrogen-bond donors (Lipinski definition) is 2. The van der Waals surface area contributed by atoms with Gasteiger partial charge in [0.2, 0.25) is 0 Å². The van der Waals surface area contributed by atoms with Crippen molar-refractivity contribution in [2.24, 2.45) is 12.8 Å². The Kier molecular flexibility index (Phi) is 7.11. The smallest absolute Gasteiger partial charge is 0.275 e.